The zero-order chi connectivity index (χ0) is 13.9. The Morgan fingerprint density at radius 2 is 2.16 bits per heavy atom. The van der Waals surface area contributed by atoms with Crippen molar-refractivity contribution in [3.8, 4) is 0 Å². The van der Waals surface area contributed by atoms with Crippen LogP contribution in [0.3, 0.4) is 0 Å². The molecule has 106 valence electrons. The summed E-state index contributed by atoms with van der Waals surface area (Å²) >= 11 is 5.09. The molecule has 0 saturated carbocycles. The fraction of sp³-hybridized carbons (Fsp3) is 0.615. The molecule has 4 nitrogen and oxygen atoms in total. The van der Waals surface area contributed by atoms with E-state index in [2.05, 4.69) is 31.5 Å². The highest BCUT2D eigenvalue weighted by atomic mass is 79.9. The molecule has 2 heterocycles. The van der Waals surface area contributed by atoms with E-state index in [1.807, 2.05) is 26.0 Å². The van der Waals surface area contributed by atoms with Crippen LogP contribution in [0, 0.1) is 0 Å². The quantitative estimate of drug-likeness (QED) is 0.874. The summed E-state index contributed by atoms with van der Waals surface area (Å²) in [6.07, 6.45) is 0. The number of piperazine rings is 1. The van der Waals surface area contributed by atoms with E-state index in [4.69, 9.17) is 0 Å². The predicted molar refractivity (Wildman–Crippen MR) is 82.4 cm³/mol. The van der Waals surface area contributed by atoms with Crippen LogP contribution in [0.1, 0.15) is 18.7 Å². The van der Waals surface area contributed by atoms with Crippen LogP contribution in [0.2, 0.25) is 0 Å². The SMILES string of the molecule is CC(C)(C(=O)NCc1ccc(Br)s1)N1CCNCC1. The highest BCUT2D eigenvalue weighted by Gasteiger charge is 2.34. The smallest absolute Gasteiger partial charge is 0.240 e. The van der Waals surface area contributed by atoms with Gasteiger partial charge in [0, 0.05) is 31.1 Å². The Kier molecular flexibility index (Phi) is 5.00. The van der Waals surface area contributed by atoms with Crippen LogP contribution in [0.25, 0.3) is 0 Å². The average Bonchev–Trinajstić information content (AvgIpc) is 2.82. The van der Waals surface area contributed by atoms with E-state index in [9.17, 15) is 4.79 Å². The lowest BCUT2D eigenvalue weighted by Crippen LogP contribution is -2.59. The molecule has 0 atom stereocenters. The van der Waals surface area contributed by atoms with Crippen LogP contribution >= 0.6 is 27.3 Å². The summed E-state index contributed by atoms with van der Waals surface area (Å²) in [5, 5.41) is 6.35. The molecule has 1 aromatic rings. The summed E-state index contributed by atoms with van der Waals surface area (Å²) in [4.78, 5) is 15.8. The number of nitrogens with zero attached hydrogens (tertiary/aromatic N) is 1. The summed E-state index contributed by atoms with van der Waals surface area (Å²) in [5.74, 6) is 0.0962. The van der Waals surface area contributed by atoms with Gasteiger partial charge in [0.05, 0.1) is 15.9 Å². The van der Waals surface area contributed by atoms with Crippen LogP contribution in [0.5, 0.6) is 0 Å². The van der Waals surface area contributed by atoms with Gasteiger partial charge < -0.3 is 10.6 Å². The predicted octanol–water partition coefficient (Wildman–Crippen LogP) is 1.81. The van der Waals surface area contributed by atoms with Gasteiger partial charge in [-0.3, -0.25) is 9.69 Å². The summed E-state index contributed by atoms with van der Waals surface area (Å²) in [7, 11) is 0. The lowest BCUT2D eigenvalue weighted by atomic mass is 10.0. The van der Waals surface area contributed by atoms with Crippen LogP contribution < -0.4 is 10.6 Å². The van der Waals surface area contributed by atoms with Crippen molar-refractivity contribution in [1.82, 2.24) is 15.5 Å². The van der Waals surface area contributed by atoms with Crippen LogP contribution in [-0.4, -0.2) is 42.5 Å². The number of hydrogen-bond donors (Lipinski definition) is 2. The molecule has 6 heteroatoms. The number of rotatable bonds is 4. The van der Waals surface area contributed by atoms with E-state index in [1.54, 1.807) is 11.3 Å². The molecule has 0 aromatic carbocycles. The molecule has 0 bridgehead atoms. The largest absolute Gasteiger partial charge is 0.350 e. The minimum atomic E-state index is -0.448. The van der Waals surface area contributed by atoms with Crippen molar-refractivity contribution in [2.45, 2.75) is 25.9 Å². The topological polar surface area (TPSA) is 44.4 Å². The number of amides is 1. The number of hydrogen-bond acceptors (Lipinski definition) is 4. The second-order valence-electron chi connectivity index (χ2n) is 5.18. The summed E-state index contributed by atoms with van der Waals surface area (Å²) in [6.45, 7) is 8.35. The third-order valence-corrected chi connectivity index (χ3v) is 5.14. The van der Waals surface area contributed by atoms with Gasteiger partial charge in [-0.2, -0.15) is 0 Å². The van der Waals surface area contributed by atoms with Gasteiger partial charge in [0.1, 0.15) is 0 Å². The maximum atomic E-state index is 12.4. The molecule has 1 fully saturated rings. The molecule has 0 unspecified atom stereocenters. The minimum absolute atomic E-state index is 0.0962. The first-order valence-electron chi connectivity index (χ1n) is 6.48. The second kappa shape index (κ2) is 6.35. The average molecular weight is 346 g/mol. The van der Waals surface area contributed by atoms with E-state index < -0.39 is 5.54 Å². The molecule has 0 spiro atoms. The first kappa shape index (κ1) is 15.0. The maximum absolute atomic E-state index is 12.4. The van der Waals surface area contributed by atoms with Crippen LogP contribution in [0.15, 0.2) is 15.9 Å². The van der Waals surface area contributed by atoms with Crippen molar-refractivity contribution in [1.29, 1.82) is 0 Å². The number of halogens is 1. The highest BCUT2D eigenvalue weighted by molar-refractivity contribution is 9.11. The van der Waals surface area contributed by atoms with Crippen molar-refractivity contribution < 1.29 is 4.79 Å². The van der Waals surface area contributed by atoms with Crippen molar-refractivity contribution in [3.63, 3.8) is 0 Å². The van der Waals surface area contributed by atoms with Crippen LogP contribution in [0.4, 0.5) is 0 Å². The third-order valence-electron chi connectivity index (χ3n) is 3.52. The fourth-order valence-electron chi connectivity index (χ4n) is 2.20. The van der Waals surface area contributed by atoms with Gasteiger partial charge in [0.2, 0.25) is 5.91 Å². The highest BCUT2D eigenvalue weighted by Crippen LogP contribution is 2.22. The first-order chi connectivity index (χ1) is 9.00. The Labute approximate surface area is 126 Å². The van der Waals surface area contributed by atoms with E-state index in [1.165, 1.54) is 0 Å². The summed E-state index contributed by atoms with van der Waals surface area (Å²) < 4.78 is 1.10. The molecule has 19 heavy (non-hydrogen) atoms. The first-order valence-corrected chi connectivity index (χ1v) is 8.09. The van der Waals surface area contributed by atoms with Crippen molar-refractivity contribution in [2.75, 3.05) is 26.2 Å². The van der Waals surface area contributed by atoms with E-state index in [0.717, 1.165) is 34.8 Å². The molecule has 1 amide bonds. The molecular formula is C13H20BrN3OS. The van der Waals surface area contributed by atoms with Crippen molar-refractivity contribution >= 4 is 33.2 Å². The van der Waals surface area contributed by atoms with Gasteiger partial charge in [-0.25, -0.2) is 0 Å². The molecule has 2 rings (SSSR count). The summed E-state index contributed by atoms with van der Waals surface area (Å²) in [5.41, 5.74) is -0.448. The molecular weight excluding hydrogens is 326 g/mol. The molecule has 0 radical (unpaired) electrons. The molecule has 1 aliphatic rings. The van der Waals surface area contributed by atoms with Gasteiger partial charge in [-0.05, 0) is 41.9 Å². The van der Waals surface area contributed by atoms with Gasteiger partial charge in [-0.1, -0.05) is 0 Å². The minimum Gasteiger partial charge on any atom is -0.350 e. The molecule has 0 aliphatic carbocycles. The normalized spacial score (nSPS) is 17.4. The number of carbonyl (C=O) groups excluding carboxylic acids is 1. The van der Waals surface area contributed by atoms with Crippen molar-refractivity contribution in [3.05, 3.63) is 20.8 Å². The lowest BCUT2D eigenvalue weighted by Gasteiger charge is -2.39. The van der Waals surface area contributed by atoms with Gasteiger partial charge in [0.25, 0.3) is 0 Å². The van der Waals surface area contributed by atoms with Crippen LogP contribution in [-0.2, 0) is 11.3 Å². The Hall–Kier alpha value is -0.430. The number of thiophene rings is 1. The lowest BCUT2D eigenvalue weighted by molar-refractivity contribution is -0.132. The van der Waals surface area contributed by atoms with E-state index >= 15 is 0 Å². The second-order valence-corrected chi connectivity index (χ2v) is 7.73. The standard InChI is InChI=1S/C13H20BrN3OS/c1-13(2,17-7-5-15-6-8-17)12(18)16-9-10-3-4-11(14)19-10/h3-4,15H,5-9H2,1-2H3,(H,16,18). The van der Waals surface area contributed by atoms with Gasteiger partial charge >= 0.3 is 0 Å². The Balaban J connectivity index is 1.90. The molecule has 2 N–H and O–H groups in total. The zero-order valence-corrected chi connectivity index (χ0v) is 13.7. The van der Waals surface area contributed by atoms with Gasteiger partial charge in [0.15, 0.2) is 0 Å². The van der Waals surface area contributed by atoms with Crippen molar-refractivity contribution in [2.24, 2.45) is 0 Å². The Bertz CT molecular complexity index is 441. The monoisotopic (exact) mass is 345 g/mol. The molecule has 1 aliphatic heterocycles. The van der Waals surface area contributed by atoms with Gasteiger partial charge in [-0.15, -0.1) is 11.3 Å². The fourth-order valence-corrected chi connectivity index (χ4v) is 3.62. The van der Waals surface area contributed by atoms with E-state index in [-0.39, 0.29) is 5.91 Å². The number of carbonyl (C=O) groups is 1. The molecule has 1 saturated heterocycles. The maximum Gasteiger partial charge on any atom is 0.240 e. The Morgan fingerprint density at radius 3 is 2.74 bits per heavy atom. The zero-order valence-electron chi connectivity index (χ0n) is 11.3. The number of nitrogens with one attached hydrogen (secondary N) is 2. The van der Waals surface area contributed by atoms with E-state index in [0.29, 0.717) is 6.54 Å². The molecule has 1 aromatic heterocycles. The third kappa shape index (κ3) is 3.78. The Morgan fingerprint density at radius 1 is 1.47 bits per heavy atom. The summed E-state index contributed by atoms with van der Waals surface area (Å²) in [6, 6.07) is 4.04.